The van der Waals surface area contributed by atoms with E-state index in [0.717, 1.165) is 18.0 Å². The van der Waals surface area contributed by atoms with Gasteiger partial charge < -0.3 is 5.32 Å². The Kier molecular flexibility index (Phi) is 3.82. The Balaban J connectivity index is 1.91. The van der Waals surface area contributed by atoms with Gasteiger partial charge in [-0.15, -0.1) is 0 Å². The normalized spacial score (nSPS) is 18.2. The molecule has 2 rings (SSSR count). The van der Waals surface area contributed by atoms with Crippen molar-refractivity contribution < 1.29 is 4.39 Å². The summed E-state index contributed by atoms with van der Waals surface area (Å²) in [7, 11) is 0. The Bertz CT molecular complexity index is 363. The molecule has 0 aromatic heterocycles. The lowest BCUT2D eigenvalue weighted by atomic mass is 9.85. The van der Waals surface area contributed by atoms with E-state index in [1.54, 1.807) is 12.1 Å². The van der Waals surface area contributed by atoms with Crippen LogP contribution < -0.4 is 5.32 Å². The first-order valence-corrected chi connectivity index (χ1v) is 6.23. The van der Waals surface area contributed by atoms with Gasteiger partial charge in [-0.05, 0) is 49.9 Å². The third-order valence-electron chi connectivity index (χ3n) is 3.38. The molecule has 1 atom stereocenters. The second kappa shape index (κ2) is 5.15. The van der Waals surface area contributed by atoms with Gasteiger partial charge in [-0.25, -0.2) is 4.39 Å². The molecule has 0 amide bonds. The predicted molar refractivity (Wildman–Crippen MR) is 65.2 cm³/mol. The summed E-state index contributed by atoms with van der Waals surface area (Å²) in [6.07, 6.45) is 4.04. The van der Waals surface area contributed by atoms with E-state index < -0.39 is 0 Å². The molecule has 1 unspecified atom stereocenters. The van der Waals surface area contributed by atoms with Gasteiger partial charge in [0.2, 0.25) is 0 Å². The first-order valence-electron chi connectivity index (χ1n) is 5.85. The van der Waals surface area contributed by atoms with E-state index in [9.17, 15) is 4.39 Å². The minimum absolute atomic E-state index is 0.204. The number of benzene rings is 1. The molecular formula is C13H17ClFN. The van der Waals surface area contributed by atoms with Gasteiger partial charge in [0.25, 0.3) is 0 Å². The largest absolute Gasteiger partial charge is 0.310 e. The zero-order valence-corrected chi connectivity index (χ0v) is 10.2. The van der Waals surface area contributed by atoms with Gasteiger partial charge in [0, 0.05) is 6.04 Å². The maximum Gasteiger partial charge on any atom is 0.141 e. The van der Waals surface area contributed by atoms with Crippen LogP contribution in [0.15, 0.2) is 18.2 Å². The summed E-state index contributed by atoms with van der Waals surface area (Å²) < 4.78 is 13.0. The zero-order valence-electron chi connectivity index (χ0n) is 9.47. The van der Waals surface area contributed by atoms with Crippen LogP contribution in [-0.2, 0) is 0 Å². The van der Waals surface area contributed by atoms with Crippen molar-refractivity contribution in [1.82, 2.24) is 5.32 Å². The molecule has 1 aromatic rings. The Hall–Kier alpha value is -0.600. The molecule has 1 aromatic carbocycles. The van der Waals surface area contributed by atoms with Crippen molar-refractivity contribution in [3.05, 3.63) is 34.6 Å². The van der Waals surface area contributed by atoms with Gasteiger partial charge in [-0.1, -0.05) is 24.1 Å². The minimum atomic E-state index is -0.350. The quantitative estimate of drug-likeness (QED) is 0.842. The molecule has 0 heterocycles. The second-order valence-electron chi connectivity index (χ2n) is 4.60. The van der Waals surface area contributed by atoms with Crippen molar-refractivity contribution in [2.75, 3.05) is 6.54 Å². The lowest BCUT2D eigenvalue weighted by Crippen LogP contribution is -2.29. The summed E-state index contributed by atoms with van der Waals surface area (Å²) in [5.41, 5.74) is 1.05. The average molecular weight is 242 g/mol. The van der Waals surface area contributed by atoms with Gasteiger partial charge in [-0.2, -0.15) is 0 Å². The zero-order chi connectivity index (χ0) is 11.5. The molecule has 1 N–H and O–H groups in total. The van der Waals surface area contributed by atoms with Crippen molar-refractivity contribution in [2.45, 2.75) is 32.2 Å². The fourth-order valence-corrected chi connectivity index (χ4v) is 2.13. The van der Waals surface area contributed by atoms with Crippen LogP contribution in [0.1, 0.15) is 37.8 Å². The van der Waals surface area contributed by atoms with Gasteiger partial charge in [0.15, 0.2) is 0 Å². The molecule has 3 heteroatoms. The van der Waals surface area contributed by atoms with Gasteiger partial charge >= 0.3 is 0 Å². The molecule has 0 saturated heterocycles. The summed E-state index contributed by atoms with van der Waals surface area (Å²) in [5, 5.41) is 3.67. The predicted octanol–water partition coefficient (Wildman–Crippen LogP) is 3.93. The van der Waals surface area contributed by atoms with Crippen LogP contribution >= 0.6 is 11.6 Å². The van der Waals surface area contributed by atoms with E-state index in [4.69, 9.17) is 11.6 Å². The van der Waals surface area contributed by atoms with Gasteiger partial charge in [-0.3, -0.25) is 0 Å². The van der Waals surface area contributed by atoms with Crippen LogP contribution in [0.2, 0.25) is 5.02 Å². The number of halogens is 2. The number of hydrogen-bond donors (Lipinski definition) is 1. The van der Waals surface area contributed by atoms with Gasteiger partial charge in [0.1, 0.15) is 5.82 Å². The highest BCUT2D eigenvalue weighted by Crippen LogP contribution is 2.26. The molecule has 1 aliphatic carbocycles. The van der Waals surface area contributed by atoms with Gasteiger partial charge in [0.05, 0.1) is 5.02 Å². The van der Waals surface area contributed by atoms with E-state index in [1.165, 1.54) is 25.3 Å². The third kappa shape index (κ3) is 2.74. The highest BCUT2D eigenvalue weighted by atomic mass is 35.5. The maximum atomic E-state index is 13.0. The molecular weight excluding hydrogens is 225 g/mol. The van der Waals surface area contributed by atoms with Crippen molar-refractivity contribution in [3.63, 3.8) is 0 Å². The SMILES string of the molecule is CC(NCC1CCC1)c1ccc(F)c(Cl)c1. The summed E-state index contributed by atoms with van der Waals surface area (Å²) in [4.78, 5) is 0. The number of hydrogen-bond acceptors (Lipinski definition) is 1. The molecule has 16 heavy (non-hydrogen) atoms. The van der Waals surface area contributed by atoms with Crippen molar-refractivity contribution in [1.29, 1.82) is 0 Å². The van der Waals surface area contributed by atoms with Crippen LogP contribution in [-0.4, -0.2) is 6.54 Å². The summed E-state index contributed by atoms with van der Waals surface area (Å²) in [6.45, 7) is 3.14. The molecule has 1 nitrogen and oxygen atoms in total. The standard InChI is InChI=1S/C13H17ClFN/c1-9(16-8-10-3-2-4-10)11-5-6-13(15)12(14)7-11/h5-7,9-10,16H,2-4,8H2,1H3. The molecule has 0 aliphatic heterocycles. The second-order valence-corrected chi connectivity index (χ2v) is 5.01. The fourth-order valence-electron chi connectivity index (χ4n) is 1.94. The van der Waals surface area contributed by atoms with Crippen molar-refractivity contribution in [2.24, 2.45) is 5.92 Å². The summed E-state index contributed by atoms with van der Waals surface area (Å²) in [5.74, 6) is 0.481. The van der Waals surface area contributed by atoms with E-state index in [1.807, 2.05) is 0 Å². The lowest BCUT2D eigenvalue weighted by Gasteiger charge is -2.27. The Morgan fingerprint density at radius 2 is 2.25 bits per heavy atom. The number of nitrogens with one attached hydrogen (secondary N) is 1. The molecule has 0 bridgehead atoms. The van der Waals surface area contributed by atoms with E-state index in [2.05, 4.69) is 12.2 Å². The molecule has 88 valence electrons. The topological polar surface area (TPSA) is 12.0 Å². The van der Waals surface area contributed by atoms with Crippen LogP contribution in [0.5, 0.6) is 0 Å². The maximum absolute atomic E-state index is 13.0. The van der Waals surface area contributed by atoms with Crippen LogP contribution in [0.3, 0.4) is 0 Å². The van der Waals surface area contributed by atoms with Crippen LogP contribution in [0, 0.1) is 11.7 Å². The highest BCUT2D eigenvalue weighted by Gasteiger charge is 2.18. The molecule has 0 radical (unpaired) electrons. The van der Waals surface area contributed by atoms with E-state index in [0.29, 0.717) is 0 Å². The molecule has 1 saturated carbocycles. The Morgan fingerprint density at radius 3 is 2.81 bits per heavy atom. The van der Waals surface area contributed by atoms with Crippen LogP contribution in [0.4, 0.5) is 4.39 Å². The third-order valence-corrected chi connectivity index (χ3v) is 3.67. The number of rotatable bonds is 4. The van der Waals surface area contributed by atoms with Crippen molar-refractivity contribution in [3.8, 4) is 0 Å². The first-order chi connectivity index (χ1) is 7.66. The lowest BCUT2D eigenvalue weighted by molar-refractivity contribution is 0.292. The summed E-state index contributed by atoms with van der Waals surface area (Å²) >= 11 is 5.76. The fraction of sp³-hybridized carbons (Fsp3) is 0.538. The molecule has 1 fully saturated rings. The minimum Gasteiger partial charge on any atom is -0.310 e. The molecule has 1 aliphatic rings. The first kappa shape index (κ1) is 11.9. The van der Waals surface area contributed by atoms with E-state index >= 15 is 0 Å². The highest BCUT2D eigenvalue weighted by molar-refractivity contribution is 6.30. The average Bonchev–Trinajstić information content (AvgIpc) is 2.19. The van der Waals surface area contributed by atoms with Crippen LogP contribution in [0.25, 0.3) is 0 Å². The summed E-state index contributed by atoms with van der Waals surface area (Å²) in [6, 6.07) is 5.16. The monoisotopic (exact) mass is 241 g/mol. The Labute approximate surface area is 101 Å². The smallest absolute Gasteiger partial charge is 0.141 e. The van der Waals surface area contributed by atoms with Crippen molar-refractivity contribution >= 4 is 11.6 Å². The Morgan fingerprint density at radius 1 is 1.50 bits per heavy atom. The molecule has 0 spiro atoms. The van der Waals surface area contributed by atoms with E-state index in [-0.39, 0.29) is 16.9 Å².